The van der Waals surface area contributed by atoms with Gasteiger partial charge in [-0.3, -0.25) is 4.55 Å². The smallest absolute Gasteiger partial charge is 0.545 e. The number of carbonyl (C=O) groups excluding carboxylic acids is 2. The molecule has 0 heterocycles. The SMILES string of the molecule is CC(OC(=O)C=CC(=O)[O-])S(=O)(=O)O.[Na+]. The van der Waals surface area contributed by atoms with E-state index in [0.717, 1.165) is 6.92 Å². The van der Waals surface area contributed by atoms with Gasteiger partial charge in [0, 0.05) is 6.08 Å². The second kappa shape index (κ2) is 6.96. The molecule has 0 aliphatic rings. The van der Waals surface area contributed by atoms with Crippen molar-refractivity contribution in [3.05, 3.63) is 12.2 Å². The molecule has 0 bridgehead atoms. The summed E-state index contributed by atoms with van der Waals surface area (Å²) in [6, 6.07) is 0. The number of carboxylic acids is 1. The normalized spacial score (nSPS) is 12.9. The fourth-order valence-electron chi connectivity index (χ4n) is 0.400. The largest absolute Gasteiger partial charge is 1.00 e. The first-order valence-electron chi connectivity index (χ1n) is 3.29. The van der Waals surface area contributed by atoms with Crippen molar-refractivity contribution in [2.24, 2.45) is 0 Å². The molecule has 0 aromatic rings. The molecule has 0 aromatic heterocycles. The molecule has 0 spiro atoms. The van der Waals surface area contributed by atoms with Crippen molar-refractivity contribution in [3.8, 4) is 0 Å². The minimum absolute atomic E-state index is 0. The summed E-state index contributed by atoms with van der Waals surface area (Å²) in [4.78, 5) is 20.4. The van der Waals surface area contributed by atoms with E-state index >= 15 is 0 Å². The van der Waals surface area contributed by atoms with Gasteiger partial charge in [-0.05, 0) is 13.0 Å². The van der Waals surface area contributed by atoms with Gasteiger partial charge in [0.1, 0.15) is 0 Å². The summed E-state index contributed by atoms with van der Waals surface area (Å²) >= 11 is 0. The van der Waals surface area contributed by atoms with Crippen LogP contribution < -0.4 is 34.7 Å². The molecule has 0 rings (SSSR count). The maximum atomic E-state index is 10.6. The standard InChI is InChI=1S/C6H8O7S.Na/c1-4(14(10,11)12)13-6(9)3-2-5(7)8;/h2-4H,1H3,(H,7,8)(H,10,11,12);/q;+1/p-1. The van der Waals surface area contributed by atoms with E-state index in [9.17, 15) is 23.1 Å². The van der Waals surface area contributed by atoms with Crippen LogP contribution in [0.4, 0.5) is 0 Å². The maximum Gasteiger partial charge on any atom is 1.00 e. The maximum absolute atomic E-state index is 10.6. The summed E-state index contributed by atoms with van der Waals surface area (Å²) in [5.74, 6) is -2.83. The Morgan fingerprint density at radius 2 is 1.87 bits per heavy atom. The Morgan fingerprint density at radius 1 is 1.40 bits per heavy atom. The quantitative estimate of drug-likeness (QED) is 0.228. The van der Waals surface area contributed by atoms with Crippen LogP contribution in [0.3, 0.4) is 0 Å². The average Bonchev–Trinajstić information content (AvgIpc) is 1.99. The van der Waals surface area contributed by atoms with Crippen LogP contribution in [0.15, 0.2) is 12.2 Å². The molecule has 0 fully saturated rings. The number of hydrogen-bond acceptors (Lipinski definition) is 6. The van der Waals surface area contributed by atoms with Crippen LogP contribution in [0.25, 0.3) is 0 Å². The van der Waals surface area contributed by atoms with Crippen molar-refractivity contribution < 1.29 is 62.0 Å². The number of ether oxygens (including phenoxy) is 1. The van der Waals surface area contributed by atoms with Crippen LogP contribution in [0.5, 0.6) is 0 Å². The molecule has 0 aliphatic heterocycles. The molecular weight excluding hydrogens is 239 g/mol. The van der Waals surface area contributed by atoms with Gasteiger partial charge >= 0.3 is 45.6 Å². The molecule has 1 unspecified atom stereocenters. The molecule has 0 saturated carbocycles. The van der Waals surface area contributed by atoms with E-state index in [-0.39, 0.29) is 29.6 Å². The molecular formula is C6H7NaO7S. The molecule has 0 saturated heterocycles. The third kappa shape index (κ3) is 8.58. The van der Waals surface area contributed by atoms with Gasteiger partial charge in [-0.2, -0.15) is 8.42 Å². The van der Waals surface area contributed by atoms with Crippen molar-refractivity contribution in [1.82, 2.24) is 0 Å². The summed E-state index contributed by atoms with van der Waals surface area (Å²) < 4.78 is 33.1. The summed E-state index contributed by atoms with van der Waals surface area (Å²) in [7, 11) is -4.48. The Hall–Kier alpha value is -0.410. The van der Waals surface area contributed by atoms with Crippen molar-refractivity contribution in [3.63, 3.8) is 0 Å². The number of esters is 1. The van der Waals surface area contributed by atoms with Crippen LogP contribution in [0.2, 0.25) is 0 Å². The molecule has 7 nitrogen and oxygen atoms in total. The first kappa shape index (κ1) is 17.0. The molecule has 9 heteroatoms. The first-order chi connectivity index (χ1) is 6.23. The van der Waals surface area contributed by atoms with E-state index in [1.807, 2.05) is 0 Å². The zero-order chi connectivity index (χ0) is 11.4. The minimum atomic E-state index is -4.48. The van der Waals surface area contributed by atoms with Crippen LogP contribution >= 0.6 is 0 Å². The van der Waals surface area contributed by atoms with Crippen LogP contribution in [0, 0.1) is 0 Å². The van der Waals surface area contributed by atoms with Gasteiger partial charge < -0.3 is 14.6 Å². The first-order valence-corrected chi connectivity index (χ1v) is 4.80. The average molecular weight is 246 g/mol. The Bertz CT molecular complexity index is 358. The minimum Gasteiger partial charge on any atom is -0.545 e. The Labute approximate surface area is 108 Å². The summed E-state index contributed by atoms with van der Waals surface area (Å²) in [5.41, 5.74) is -1.75. The predicted octanol–water partition coefficient (Wildman–Crippen LogP) is -4.93. The predicted molar refractivity (Wildman–Crippen MR) is 41.2 cm³/mol. The van der Waals surface area contributed by atoms with E-state index in [0.29, 0.717) is 12.2 Å². The van der Waals surface area contributed by atoms with Crippen molar-refractivity contribution in [1.29, 1.82) is 0 Å². The number of carbonyl (C=O) groups is 2. The molecule has 1 atom stereocenters. The molecule has 1 N–H and O–H groups in total. The van der Waals surface area contributed by atoms with Crippen molar-refractivity contribution in [2.75, 3.05) is 0 Å². The Kier molecular flexibility index (Phi) is 7.89. The molecule has 0 aromatic carbocycles. The fourth-order valence-corrected chi connectivity index (χ4v) is 0.616. The Morgan fingerprint density at radius 3 is 2.20 bits per heavy atom. The van der Waals surface area contributed by atoms with Crippen LogP contribution in [0.1, 0.15) is 6.92 Å². The van der Waals surface area contributed by atoms with Gasteiger partial charge in [0.05, 0.1) is 5.97 Å². The van der Waals surface area contributed by atoms with Crippen molar-refractivity contribution in [2.45, 2.75) is 12.4 Å². The second-order valence-electron chi connectivity index (χ2n) is 2.17. The van der Waals surface area contributed by atoms with E-state index < -0.39 is 27.5 Å². The number of aliphatic carboxylic acids is 1. The molecule has 0 aliphatic carbocycles. The van der Waals surface area contributed by atoms with Crippen LogP contribution in [-0.2, 0) is 24.4 Å². The third-order valence-electron chi connectivity index (χ3n) is 1.06. The zero-order valence-electron chi connectivity index (χ0n) is 8.04. The van der Waals surface area contributed by atoms with Gasteiger partial charge in [0.25, 0.3) is 0 Å². The number of carboxylic acid groups (broad SMARTS) is 1. The number of hydrogen-bond donors (Lipinski definition) is 1. The molecule has 0 amide bonds. The number of rotatable bonds is 4. The monoisotopic (exact) mass is 246 g/mol. The van der Waals surface area contributed by atoms with E-state index in [1.165, 1.54) is 0 Å². The topological polar surface area (TPSA) is 121 Å². The van der Waals surface area contributed by atoms with Gasteiger partial charge in [-0.15, -0.1) is 0 Å². The summed E-state index contributed by atoms with van der Waals surface area (Å²) in [6.07, 6.45) is 0.843. The zero-order valence-corrected chi connectivity index (χ0v) is 10.9. The molecule has 15 heavy (non-hydrogen) atoms. The van der Waals surface area contributed by atoms with Gasteiger partial charge in [0.2, 0.25) is 5.44 Å². The van der Waals surface area contributed by atoms with E-state index in [2.05, 4.69) is 4.74 Å². The third-order valence-corrected chi connectivity index (χ3v) is 1.99. The van der Waals surface area contributed by atoms with Gasteiger partial charge in [0.15, 0.2) is 0 Å². The molecule has 0 radical (unpaired) electrons. The van der Waals surface area contributed by atoms with Gasteiger partial charge in [-0.1, -0.05) is 0 Å². The van der Waals surface area contributed by atoms with Gasteiger partial charge in [-0.25, -0.2) is 4.79 Å². The van der Waals surface area contributed by atoms with Crippen LogP contribution in [-0.4, -0.2) is 30.3 Å². The Balaban J connectivity index is 0. The van der Waals surface area contributed by atoms with Crippen molar-refractivity contribution >= 4 is 22.1 Å². The van der Waals surface area contributed by atoms with E-state index in [1.54, 1.807) is 0 Å². The summed E-state index contributed by atoms with van der Waals surface area (Å²) in [6.45, 7) is 0.917. The second-order valence-corrected chi connectivity index (χ2v) is 3.87. The molecule has 80 valence electrons. The summed E-state index contributed by atoms with van der Waals surface area (Å²) in [5, 5.41) is 9.81. The van der Waals surface area contributed by atoms with E-state index in [4.69, 9.17) is 4.55 Å². The fraction of sp³-hybridized carbons (Fsp3) is 0.333.